The lowest BCUT2D eigenvalue weighted by Gasteiger charge is -2.10. The highest BCUT2D eigenvalue weighted by Gasteiger charge is 2.12. The number of Topliss-reactive ketones (excluding diaryl/α,β-unsaturated/α-hetero) is 1. The van der Waals surface area contributed by atoms with Crippen LogP contribution in [0.4, 0.5) is 0 Å². The van der Waals surface area contributed by atoms with Gasteiger partial charge in [0.1, 0.15) is 5.69 Å². The lowest BCUT2D eigenvalue weighted by molar-refractivity contribution is 0.100. The van der Waals surface area contributed by atoms with Gasteiger partial charge in [0.15, 0.2) is 5.78 Å². The maximum Gasteiger partial charge on any atom is 0.178 e. The van der Waals surface area contributed by atoms with E-state index in [-0.39, 0.29) is 5.78 Å². The first-order valence-corrected chi connectivity index (χ1v) is 5.18. The van der Waals surface area contributed by atoms with Crippen LogP contribution in [0.3, 0.4) is 0 Å². The monoisotopic (exact) mass is 259 g/mol. The quantitative estimate of drug-likeness (QED) is 0.768. The number of hydrogen-bond acceptors (Lipinski definition) is 3. The first-order chi connectivity index (χ1) is 6.52. The summed E-state index contributed by atoms with van der Waals surface area (Å²) >= 11 is 3.31. The second-order valence-corrected chi connectivity index (χ2v) is 4.28. The van der Waals surface area contributed by atoms with Crippen molar-refractivity contribution in [3.05, 3.63) is 16.4 Å². The first kappa shape index (κ1) is 11.4. The summed E-state index contributed by atoms with van der Waals surface area (Å²) in [6.07, 6.45) is 1.66. The van der Waals surface area contributed by atoms with Gasteiger partial charge in [0.2, 0.25) is 0 Å². The summed E-state index contributed by atoms with van der Waals surface area (Å²) in [4.78, 5) is 13.3. The molecule has 0 fully saturated rings. The van der Waals surface area contributed by atoms with Gasteiger partial charge < -0.3 is 4.90 Å². The second-order valence-electron chi connectivity index (χ2n) is 3.42. The van der Waals surface area contributed by atoms with Gasteiger partial charge >= 0.3 is 0 Å². The van der Waals surface area contributed by atoms with E-state index in [0.717, 1.165) is 17.6 Å². The molecule has 5 heteroatoms. The Morgan fingerprint density at radius 3 is 2.79 bits per heavy atom. The molecule has 78 valence electrons. The Labute approximate surface area is 92.0 Å². The summed E-state index contributed by atoms with van der Waals surface area (Å²) < 4.78 is 2.50. The fourth-order valence-corrected chi connectivity index (χ4v) is 1.75. The third-order valence-corrected chi connectivity index (χ3v) is 2.47. The number of carbonyl (C=O) groups is 1. The van der Waals surface area contributed by atoms with Gasteiger partial charge in [-0.25, -0.2) is 0 Å². The van der Waals surface area contributed by atoms with Crippen molar-refractivity contribution in [1.29, 1.82) is 0 Å². The fraction of sp³-hybridized carbons (Fsp3) is 0.556. The smallest absolute Gasteiger partial charge is 0.178 e. The van der Waals surface area contributed by atoms with Crippen LogP contribution in [0.2, 0.25) is 0 Å². The Hall–Kier alpha value is -0.680. The minimum absolute atomic E-state index is 0.0353. The highest BCUT2D eigenvalue weighted by Crippen LogP contribution is 2.16. The predicted octanol–water partition coefficient (Wildman–Crippen LogP) is 1.41. The van der Waals surface area contributed by atoms with Crippen LogP contribution in [0, 0.1) is 0 Å². The molecule has 0 aliphatic carbocycles. The Morgan fingerprint density at radius 2 is 2.29 bits per heavy atom. The summed E-state index contributed by atoms with van der Waals surface area (Å²) in [6.45, 7) is 3.15. The largest absolute Gasteiger partial charge is 0.308 e. The lowest BCUT2D eigenvalue weighted by atomic mass is 10.3. The van der Waals surface area contributed by atoms with E-state index in [1.54, 1.807) is 17.8 Å². The first-order valence-electron chi connectivity index (χ1n) is 4.39. The van der Waals surface area contributed by atoms with Crippen LogP contribution in [0.25, 0.3) is 0 Å². The molecular formula is C9H14BrN3O. The Morgan fingerprint density at radius 1 is 1.64 bits per heavy atom. The van der Waals surface area contributed by atoms with Crippen molar-refractivity contribution >= 4 is 21.7 Å². The molecule has 0 amide bonds. The van der Waals surface area contributed by atoms with E-state index in [1.165, 1.54) is 0 Å². The average molecular weight is 260 g/mol. The maximum atomic E-state index is 11.3. The number of aromatic nitrogens is 2. The molecule has 0 atom stereocenters. The van der Waals surface area contributed by atoms with Crippen LogP contribution in [-0.2, 0) is 6.54 Å². The van der Waals surface area contributed by atoms with Crippen molar-refractivity contribution in [3.8, 4) is 0 Å². The van der Waals surface area contributed by atoms with E-state index in [4.69, 9.17) is 0 Å². The third kappa shape index (κ3) is 2.65. The normalized spacial score (nSPS) is 10.9. The van der Waals surface area contributed by atoms with E-state index in [2.05, 4.69) is 25.9 Å². The van der Waals surface area contributed by atoms with Crippen LogP contribution >= 0.6 is 15.9 Å². The third-order valence-electron chi connectivity index (χ3n) is 1.89. The van der Waals surface area contributed by atoms with Crippen molar-refractivity contribution in [2.24, 2.45) is 0 Å². The van der Waals surface area contributed by atoms with Crippen LogP contribution in [0.1, 0.15) is 17.4 Å². The predicted molar refractivity (Wildman–Crippen MR) is 58.5 cm³/mol. The number of rotatable bonds is 4. The van der Waals surface area contributed by atoms with Crippen molar-refractivity contribution in [2.45, 2.75) is 13.5 Å². The van der Waals surface area contributed by atoms with E-state index in [1.807, 2.05) is 14.1 Å². The zero-order valence-corrected chi connectivity index (χ0v) is 10.2. The average Bonchev–Trinajstić information content (AvgIpc) is 2.43. The minimum atomic E-state index is 0.0353. The fourth-order valence-electron chi connectivity index (χ4n) is 1.18. The number of halogens is 1. The molecule has 0 spiro atoms. The Kier molecular flexibility index (Phi) is 3.83. The number of carbonyl (C=O) groups excluding carboxylic acids is 1. The van der Waals surface area contributed by atoms with E-state index >= 15 is 0 Å². The standard InChI is InChI=1S/C9H14BrN3O/c1-7(14)9-8(10)6-11-13(9)5-4-12(2)3/h6H,4-5H2,1-3H3. The molecule has 0 aromatic carbocycles. The molecule has 4 nitrogen and oxygen atoms in total. The number of nitrogens with zero attached hydrogens (tertiary/aromatic N) is 3. The van der Waals surface area contributed by atoms with E-state index in [0.29, 0.717) is 5.69 Å². The minimum Gasteiger partial charge on any atom is -0.308 e. The Balaban J connectivity index is 2.81. The molecule has 1 aromatic heterocycles. The highest BCUT2D eigenvalue weighted by atomic mass is 79.9. The van der Waals surface area contributed by atoms with Gasteiger partial charge in [-0.2, -0.15) is 5.10 Å². The van der Waals surface area contributed by atoms with Gasteiger partial charge in [-0.05, 0) is 30.0 Å². The number of likely N-dealkylation sites (N-methyl/N-ethyl adjacent to an activating group) is 1. The molecule has 1 aromatic rings. The SMILES string of the molecule is CC(=O)c1c(Br)cnn1CCN(C)C. The number of ketones is 1. The molecule has 0 bridgehead atoms. The summed E-state index contributed by atoms with van der Waals surface area (Å²) in [5.41, 5.74) is 0.645. The van der Waals surface area contributed by atoms with Crippen molar-refractivity contribution in [3.63, 3.8) is 0 Å². The summed E-state index contributed by atoms with van der Waals surface area (Å²) in [5.74, 6) is 0.0353. The van der Waals surface area contributed by atoms with Gasteiger partial charge in [-0.3, -0.25) is 9.48 Å². The maximum absolute atomic E-state index is 11.3. The molecule has 0 radical (unpaired) electrons. The van der Waals surface area contributed by atoms with Crippen LogP contribution < -0.4 is 0 Å². The summed E-state index contributed by atoms with van der Waals surface area (Å²) in [5, 5.41) is 4.13. The molecule has 0 saturated carbocycles. The van der Waals surface area contributed by atoms with E-state index < -0.39 is 0 Å². The van der Waals surface area contributed by atoms with Gasteiger partial charge in [0.25, 0.3) is 0 Å². The molecule has 0 unspecified atom stereocenters. The van der Waals surface area contributed by atoms with Crippen LogP contribution in [0.15, 0.2) is 10.7 Å². The molecule has 0 saturated heterocycles. The molecule has 0 aliphatic heterocycles. The van der Waals surface area contributed by atoms with Gasteiger partial charge in [0, 0.05) is 13.5 Å². The second kappa shape index (κ2) is 4.70. The zero-order valence-electron chi connectivity index (χ0n) is 8.62. The molecule has 14 heavy (non-hydrogen) atoms. The Bertz CT molecular complexity index is 333. The van der Waals surface area contributed by atoms with Crippen molar-refractivity contribution in [2.75, 3.05) is 20.6 Å². The highest BCUT2D eigenvalue weighted by molar-refractivity contribution is 9.10. The molecular weight excluding hydrogens is 246 g/mol. The zero-order chi connectivity index (χ0) is 10.7. The summed E-state index contributed by atoms with van der Waals surface area (Å²) in [6, 6.07) is 0. The molecule has 0 N–H and O–H groups in total. The van der Waals surface area contributed by atoms with E-state index in [9.17, 15) is 4.79 Å². The molecule has 0 aliphatic rings. The van der Waals surface area contributed by atoms with Crippen LogP contribution in [-0.4, -0.2) is 41.1 Å². The van der Waals surface area contributed by atoms with Gasteiger partial charge in [-0.1, -0.05) is 0 Å². The molecule has 1 heterocycles. The number of hydrogen-bond donors (Lipinski definition) is 0. The van der Waals surface area contributed by atoms with Crippen molar-refractivity contribution < 1.29 is 4.79 Å². The van der Waals surface area contributed by atoms with Crippen molar-refractivity contribution in [1.82, 2.24) is 14.7 Å². The topological polar surface area (TPSA) is 38.1 Å². The summed E-state index contributed by atoms with van der Waals surface area (Å²) in [7, 11) is 3.98. The lowest BCUT2D eigenvalue weighted by Crippen LogP contribution is -2.21. The molecule has 1 rings (SSSR count). The van der Waals surface area contributed by atoms with Gasteiger partial charge in [-0.15, -0.1) is 0 Å². The van der Waals surface area contributed by atoms with Gasteiger partial charge in [0.05, 0.1) is 17.2 Å². The van der Waals surface area contributed by atoms with Crippen LogP contribution in [0.5, 0.6) is 0 Å².